The lowest BCUT2D eigenvalue weighted by atomic mass is 9.44. The number of hydrogen-bond donors (Lipinski definition) is 3. The summed E-state index contributed by atoms with van der Waals surface area (Å²) in [5, 5.41) is 32.0. The predicted octanol–water partition coefficient (Wildman–Crippen LogP) is 5.50. The fourth-order valence-electron chi connectivity index (χ4n) is 9.50. The Morgan fingerprint density at radius 2 is 1.74 bits per heavy atom. The first-order valence-electron chi connectivity index (χ1n) is 13.8. The highest BCUT2D eigenvalue weighted by Gasteiger charge is 2.68. The zero-order valence-electron chi connectivity index (χ0n) is 22.7. The SMILES string of the molecule is CC(C)(O)C1CCC(C(=O)O)C2C(CC3(C)C4=CCC5C(C)(CCC(O)C5(C)C)C4=CCC23C)O1. The first-order valence-corrected chi connectivity index (χ1v) is 13.8. The highest BCUT2D eigenvalue weighted by Crippen LogP contribution is 2.72. The minimum Gasteiger partial charge on any atom is -0.481 e. The summed E-state index contributed by atoms with van der Waals surface area (Å²) < 4.78 is 6.66. The van der Waals surface area contributed by atoms with Crippen LogP contribution in [0, 0.1) is 39.4 Å². The van der Waals surface area contributed by atoms with E-state index in [2.05, 4.69) is 46.8 Å². The fourth-order valence-corrected chi connectivity index (χ4v) is 9.50. The van der Waals surface area contributed by atoms with Gasteiger partial charge in [0.2, 0.25) is 0 Å². The second-order valence-electron chi connectivity index (χ2n) is 14.3. The summed E-state index contributed by atoms with van der Waals surface area (Å²) in [6.45, 7) is 15.1. The van der Waals surface area contributed by atoms with Gasteiger partial charge in [-0.2, -0.15) is 0 Å². The molecule has 9 unspecified atom stereocenters. The van der Waals surface area contributed by atoms with Crippen LogP contribution in [0.2, 0.25) is 0 Å². The molecule has 0 aromatic heterocycles. The van der Waals surface area contributed by atoms with Gasteiger partial charge in [0, 0.05) is 11.3 Å². The van der Waals surface area contributed by atoms with Gasteiger partial charge in [-0.25, -0.2) is 0 Å². The Morgan fingerprint density at radius 3 is 2.37 bits per heavy atom. The molecular formula is C30H46O5. The van der Waals surface area contributed by atoms with Gasteiger partial charge in [-0.3, -0.25) is 4.79 Å². The summed E-state index contributed by atoms with van der Waals surface area (Å²) in [6.07, 6.45) is 9.56. The quantitative estimate of drug-likeness (QED) is 0.480. The molecule has 35 heavy (non-hydrogen) atoms. The molecule has 0 amide bonds. The minimum absolute atomic E-state index is 0.0183. The van der Waals surface area contributed by atoms with Gasteiger partial charge in [-0.05, 0) is 92.1 Å². The Balaban J connectivity index is 1.59. The molecule has 9 atom stereocenters. The highest BCUT2D eigenvalue weighted by molar-refractivity contribution is 5.71. The van der Waals surface area contributed by atoms with Crippen LogP contribution in [0.25, 0.3) is 0 Å². The van der Waals surface area contributed by atoms with Gasteiger partial charge in [-0.15, -0.1) is 0 Å². The third-order valence-corrected chi connectivity index (χ3v) is 11.9. The van der Waals surface area contributed by atoms with E-state index in [1.54, 1.807) is 13.8 Å². The summed E-state index contributed by atoms with van der Waals surface area (Å²) >= 11 is 0. The zero-order chi connectivity index (χ0) is 25.8. The van der Waals surface area contributed by atoms with Crippen molar-refractivity contribution in [1.29, 1.82) is 0 Å². The van der Waals surface area contributed by atoms with E-state index < -0.39 is 17.5 Å². The Kier molecular flexibility index (Phi) is 5.59. The van der Waals surface area contributed by atoms with Crippen molar-refractivity contribution >= 4 is 5.97 Å². The molecule has 5 rings (SSSR count). The van der Waals surface area contributed by atoms with E-state index in [1.165, 1.54) is 11.1 Å². The molecule has 4 aliphatic carbocycles. The number of rotatable bonds is 2. The van der Waals surface area contributed by atoms with E-state index in [0.717, 1.165) is 32.1 Å². The van der Waals surface area contributed by atoms with Crippen molar-refractivity contribution in [2.24, 2.45) is 39.4 Å². The molecule has 0 radical (unpaired) electrons. The zero-order valence-corrected chi connectivity index (χ0v) is 22.7. The van der Waals surface area contributed by atoms with Gasteiger partial charge >= 0.3 is 5.97 Å². The monoisotopic (exact) mass is 486 g/mol. The second kappa shape index (κ2) is 7.68. The van der Waals surface area contributed by atoms with Crippen molar-refractivity contribution in [3.05, 3.63) is 23.3 Å². The molecule has 3 N–H and O–H groups in total. The van der Waals surface area contributed by atoms with Crippen molar-refractivity contribution in [2.75, 3.05) is 0 Å². The number of carbonyl (C=O) groups is 1. The summed E-state index contributed by atoms with van der Waals surface area (Å²) in [5.74, 6) is -0.902. The summed E-state index contributed by atoms with van der Waals surface area (Å²) in [7, 11) is 0. The lowest BCUT2D eigenvalue weighted by molar-refractivity contribution is -0.150. The van der Waals surface area contributed by atoms with Crippen LogP contribution < -0.4 is 0 Å². The Morgan fingerprint density at radius 1 is 1.06 bits per heavy atom. The second-order valence-corrected chi connectivity index (χ2v) is 14.3. The van der Waals surface area contributed by atoms with E-state index in [1.807, 2.05) is 0 Å². The smallest absolute Gasteiger partial charge is 0.306 e. The van der Waals surface area contributed by atoms with Crippen molar-refractivity contribution < 1.29 is 24.9 Å². The van der Waals surface area contributed by atoms with E-state index in [9.17, 15) is 20.1 Å². The number of aliphatic hydroxyl groups is 2. The third-order valence-electron chi connectivity index (χ3n) is 11.9. The van der Waals surface area contributed by atoms with Crippen molar-refractivity contribution in [3.63, 3.8) is 0 Å². The Labute approximate surface area is 211 Å². The lowest BCUT2D eigenvalue weighted by Crippen LogP contribution is -2.54. The van der Waals surface area contributed by atoms with E-state index in [-0.39, 0.29) is 45.9 Å². The molecule has 3 fully saturated rings. The van der Waals surface area contributed by atoms with E-state index in [0.29, 0.717) is 18.8 Å². The van der Waals surface area contributed by atoms with Crippen LogP contribution in [-0.4, -0.2) is 45.2 Å². The van der Waals surface area contributed by atoms with Crippen molar-refractivity contribution in [2.45, 2.75) is 117 Å². The number of fused-ring (bicyclic) bond motifs is 7. The van der Waals surface area contributed by atoms with E-state index >= 15 is 0 Å². The maximum atomic E-state index is 12.6. The van der Waals surface area contributed by atoms with Crippen LogP contribution in [0.1, 0.15) is 93.4 Å². The van der Waals surface area contributed by atoms with Gasteiger partial charge in [-0.1, -0.05) is 46.8 Å². The molecular weight excluding hydrogens is 440 g/mol. The summed E-state index contributed by atoms with van der Waals surface area (Å²) in [6, 6.07) is 0. The Hall–Kier alpha value is -1.17. The predicted molar refractivity (Wildman–Crippen MR) is 136 cm³/mol. The number of ether oxygens (including phenoxy) is 1. The molecule has 1 heterocycles. The number of carboxylic acid groups (broad SMARTS) is 1. The van der Waals surface area contributed by atoms with Gasteiger partial charge in [0.05, 0.1) is 29.8 Å². The molecule has 0 bridgehead atoms. The summed E-state index contributed by atoms with van der Waals surface area (Å²) in [5.41, 5.74) is 1.30. The first kappa shape index (κ1) is 25.5. The molecule has 5 aliphatic rings. The van der Waals surface area contributed by atoms with Crippen LogP contribution in [-0.2, 0) is 9.53 Å². The van der Waals surface area contributed by atoms with Gasteiger partial charge in [0.15, 0.2) is 0 Å². The number of allylic oxidation sites excluding steroid dienone is 4. The maximum Gasteiger partial charge on any atom is 0.306 e. The minimum atomic E-state index is -1.00. The van der Waals surface area contributed by atoms with Crippen LogP contribution in [0.15, 0.2) is 23.3 Å². The number of carboxylic acids is 1. The lowest BCUT2D eigenvalue weighted by Gasteiger charge is -2.60. The van der Waals surface area contributed by atoms with Gasteiger partial charge < -0.3 is 20.1 Å². The largest absolute Gasteiger partial charge is 0.481 e. The first-order chi connectivity index (χ1) is 16.1. The molecule has 0 aromatic carbocycles. The average molecular weight is 487 g/mol. The number of aliphatic hydroxyl groups excluding tert-OH is 1. The van der Waals surface area contributed by atoms with E-state index in [4.69, 9.17) is 4.74 Å². The molecule has 0 aromatic rings. The number of hydrogen-bond acceptors (Lipinski definition) is 4. The standard InChI is InChI=1S/C30H46O5/c1-26(2)21-10-9-19-18(28(21,5)14-13-22(26)31)12-15-29(6)24-17(25(32)33)8-11-23(27(3,4)34)35-20(24)16-30(19,29)7/h9,12,17,20-24,31,34H,8,10-11,13-16H2,1-7H3,(H,32,33). The third kappa shape index (κ3) is 3.33. The van der Waals surface area contributed by atoms with Gasteiger partial charge in [0.25, 0.3) is 0 Å². The van der Waals surface area contributed by atoms with Crippen LogP contribution in [0.3, 0.4) is 0 Å². The fraction of sp³-hybridized carbons (Fsp3) is 0.833. The molecule has 5 nitrogen and oxygen atoms in total. The molecule has 1 saturated heterocycles. The van der Waals surface area contributed by atoms with Gasteiger partial charge in [0.1, 0.15) is 0 Å². The normalized spacial score (nSPS) is 48.9. The topological polar surface area (TPSA) is 87.0 Å². The molecule has 2 saturated carbocycles. The molecule has 1 aliphatic heterocycles. The number of aliphatic carboxylic acids is 1. The molecule has 196 valence electrons. The van der Waals surface area contributed by atoms with Crippen molar-refractivity contribution in [1.82, 2.24) is 0 Å². The molecule has 0 spiro atoms. The van der Waals surface area contributed by atoms with Crippen LogP contribution in [0.5, 0.6) is 0 Å². The molecule has 5 heteroatoms. The average Bonchev–Trinajstić information content (AvgIpc) is 2.86. The summed E-state index contributed by atoms with van der Waals surface area (Å²) in [4.78, 5) is 12.6. The van der Waals surface area contributed by atoms with Crippen LogP contribution in [0.4, 0.5) is 0 Å². The highest BCUT2D eigenvalue weighted by atomic mass is 16.5. The van der Waals surface area contributed by atoms with Crippen molar-refractivity contribution in [3.8, 4) is 0 Å². The van der Waals surface area contributed by atoms with Crippen LogP contribution >= 0.6 is 0 Å². The Bertz CT molecular complexity index is 972. The maximum absolute atomic E-state index is 12.6.